The fourth-order valence-corrected chi connectivity index (χ4v) is 2.72. The van der Waals surface area contributed by atoms with E-state index in [1.165, 1.54) is 25.0 Å². The largest absolute Gasteiger partial charge is 0.416 e. The van der Waals surface area contributed by atoms with Gasteiger partial charge < -0.3 is 0 Å². The second-order valence-electron chi connectivity index (χ2n) is 5.21. The molecule has 106 valence electrons. The lowest BCUT2D eigenvalue weighted by molar-refractivity contribution is -0.137. The molecule has 0 amide bonds. The molecular weight excluding hydrogens is 265 g/mol. The van der Waals surface area contributed by atoms with E-state index in [4.69, 9.17) is 0 Å². The van der Waals surface area contributed by atoms with Crippen molar-refractivity contribution in [1.82, 2.24) is 9.78 Å². The minimum atomic E-state index is -4.29. The molecule has 1 aliphatic carbocycles. The lowest BCUT2D eigenvalue weighted by Crippen LogP contribution is -2.05. The standard InChI is InChI=1S/C15H15F3N2/c16-15(17,18)12-5-7-13(8-6-12)20-10-9-14(19-20)11-3-1-2-4-11/h5-11H,1-4H2. The predicted octanol–water partition coefficient (Wildman–Crippen LogP) is 4.55. The second kappa shape index (κ2) is 4.96. The summed E-state index contributed by atoms with van der Waals surface area (Å²) in [5, 5.41) is 4.49. The number of rotatable bonds is 2. The molecule has 1 heterocycles. The fraction of sp³-hybridized carbons (Fsp3) is 0.400. The molecule has 20 heavy (non-hydrogen) atoms. The molecule has 0 unspecified atom stereocenters. The van der Waals surface area contributed by atoms with Crippen LogP contribution in [0.1, 0.15) is 42.9 Å². The highest BCUT2D eigenvalue weighted by molar-refractivity contribution is 5.35. The van der Waals surface area contributed by atoms with Crippen LogP contribution < -0.4 is 0 Å². The number of halogens is 3. The topological polar surface area (TPSA) is 17.8 Å². The van der Waals surface area contributed by atoms with Gasteiger partial charge in [0.15, 0.2) is 0 Å². The van der Waals surface area contributed by atoms with Crippen molar-refractivity contribution in [2.45, 2.75) is 37.8 Å². The molecule has 0 saturated heterocycles. The van der Waals surface area contributed by atoms with E-state index >= 15 is 0 Å². The van der Waals surface area contributed by atoms with Crippen molar-refractivity contribution >= 4 is 0 Å². The number of aromatic nitrogens is 2. The summed E-state index contributed by atoms with van der Waals surface area (Å²) in [4.78, 5) is 0. The molecule has 0 spiro atoms. The van der Waals surface area contributed by atoms with Gasteiger partial charge in [-0.3, -0.25) is 0 Å². The monoisotopic (exact) mass is 280 g/mol. The Bertz CT molecular complexity index is 578. The van der Waals surface area contributed by atoms with E-state index in [-0.39, 0.29) is 0 Å². The third-order valence-corrected chi connectivity index (χ3v) is 3.84. The number of alkyl halides is 3. The molecule has 3 rings (SSSR count). The summed E-state index contributed by atoms with van der Waals surface area (Å²) in [7, 11) is 0. The van der Waals surface area contributed by atoms with Gasteiger partial charge in [0.05, 0.1) is 16.9 Å². The maximum atomic E-state index is 12.5. The van der Waals surface area contributed by atoms with Crippen LogP contribution in [-0.4, -0.2) is 9.78 Å². The summed E-state index contributed by atoms with van der Waals surface area (Å²) in [6.45, 7) is 0. The van der Waals surface area contributed by atoms with Crippen molar-refractivity contribution < 1.29 is 13.2 Å². The third kappa shape index (κ3) is 2.57. The quantitative estimate of drug-likeness (QED) is 0.789. The maximum absolute atomic E-state index is 12.5. The second-order valence-corrected chi connectivity index (χ2v) is 5.21. The average molecular weight is 280 g/mol. The zero-order chi connectivity index (χ0) is 14.2. The Balaban J connectivity index is 1.82. The normalized spacial score (nSPS) is 16.8. The molecule has 1 aromatic heterocycles. The summed E-state index contributed by atoms with van der Waals surface area (Å²) in [5.41, 5.74) is 1.06. The van der Waals surface area contributed by atoms with Gasteiger partial charge in [0, 0.05) is 12.1 Å². The van der Waals surface area contributed by atoms with Gasteiger partial charge in [-0.1, -0.05) is 12.8 Å². The van der Waals surface area contributed by atoms with Crippen molar-refractivity contribution in [1.29, 1.82) is 0 Å². The van der Waals surface area contributed by atoms with Crippen molar-refractivity contribution in [3.63, 3.8) is 0 Å². The van der Waals surface area contributed by atoms with Gasteiger partial charge in [-0.2, -0.15) is 18.3 Å². The molecular formula is C15H15F3N2. The van der Waals surface area contributed by atoms with Gasteiger partial charge in [-0.05, 0) is 43.2 Å². The minimum absolute atomic E-state index is 0.505. The van der Waals surface area contributed by atoms with Crippen LogP contribution >= 0.6 is 0 Å². The van der Waals surface area contributed by atoms with E-state index in [2.05, 4.69) is 5.10 Å². The van der Waals surface area contributed by atoms with E-state index in [9.17, 15) is 13.2 Å². The van der Waals surface area contributed by atoms with Crippen LogP contribution in [0.15, 0.2) is 36.5 Å². The predicted molar refractivity (Wildman–Crippen MR) is 69.8 cm³/mol. The van der Waals surface area contributed by atoms with E-state index in [0.717, 1.165) is 30.7 Å². The molecule has 0 atom stereocenters. The first-order valence-corrected chi connectivity index (χ1v) is 6.77. The molecule has 5 heteroatoms. The lowest BCUT2D eigenvalue weighted by Gasteiger charge is -2.08. The van der Waals surface area contributed by atoms with Crippen molar-refractivity contribution in [3.05, 3.63) is 47.8 Å². The summed E-state index contributed by atoms with van der Waals surface area (Å²) in [6, 6.07) is 7.05. The average Bonchev–Trinajstić information content (AvgIpc) is 3.09. The van der Waals surface area contributed by atoms with E-state index in [0.29, 0.717) is 11.6 Å². The Morgan fingerprint density at radius 1 is 1.00 bits per heavy atom. The number of hydrogen-bond acceptors (Lipinski definition) is 1. The molecule has 0 N–H and O–H groups in total. The smallest absolute Gasteiger partial charge is 0.241 e. The SMILES string of the molecule is FC(F)(F)c1ccc(-n2ccc(C3CCCC3)n2)cc1. The molecule has 2 aromatic rings. The molecule has 0 aliphatic heterocycles. The summed E-state index contributed by atoms with van der Waals surface area (Å²) >= 11 is 0. The molecule has 1 aromatic carbocycles. The highest BCUT2D eigenvalue weighted by Gasteiger charge is 2.30. The first kappa shape index (κ1) is 13.2. The fourth-order valence-electron chi connectivity index (χ4n) is 2.72. The highest BCUT2D eigenvalue weighted by Crippen LogP contribution is 2.33. The zero-order valence-electron chi connectivity index (χ0n) is 10.9. The molecule has 0 bridgehead atoms. The summed E-state index contributed by atoms with van der Waals surface area (Å²) in [6.07, 6.45) is 2.30. The lowest BCUT2D eigenvalue weighted by atomic mass is 10.1. The van der Waals surface area contributed by atoms with Crippen LogP contribution in [0.4, 0.5) is 13.2 Å². The van der Waals surface area contributed by atoms with Crippen LogP contribution in [-0.2, 0) is 6.18 Å². The number of benzene rings is 1. The molecule has 1 fully saturated rings. The highest BCUT2D eigenvalue weighted by atomic mass is 19.4. The Hall–Kier alpha value is -1.78. The Labute approximate surface area is 115 Å². The van der Waals surface area contributed by atoms with Crippen LogP contribution in [0.2, 0.25) is 0 Å². The first-order valence-electron chi connectivity index (χ1n) is 6.77. The van der Waals surface area contributed by atoms with E-state index in [1.807, 2.05) is 12.3 Å². The van der Waals surface area contributed by atoms with Gasteiger partial charge in [-0.25, -0.2) is 4.68 Å². The van der Waals surface area contributed by atoms with E-state index in [1.54, 1.807) is 4.68 Å². The van der Waals surface area contributed by atoms with Crippen LogP contribution in [0.3, 0.4) is 0 Å². The van der Waals surface area contributed by atoms with Gasteiger partial charge in [0.2, 0.25) is 0 Å². The molecule has 1 saturated carbocycles. The van der Waals surface area contributed by atoms with Gasteiger partial charge in [0.25, 0.3) is 0 Å². The van der Waals surface area contributed by atoms with Crippen LogP contribution in [0, 0.1) is 0 Å². The maximum Gasteiger partial charge on any atom is 0.416 e. The Kier molecular flexibility index (Phi) is 3.28. The summed E-state index contributed by atoms with van der Waals surface area (Å²) in [5.74, 6) is 0.505. The van der Waals surface area contributed by atoms with Gasteiger partial charge in [0.1, 0.15) is 0 Å². The van der Waals surface area contributed by atoms with Crippen molar-refractivity contribution in [2.24, 2.45) is 0 Å². The van der Waals surface area contributed by atoms with Gasteiger partial charge >= 0.3 is 6.18 Å². The summed E-state index contributed by atoms with van der Waals surface area (Å²) < 4.78 is 39.2. The van der Waals surface area contributed by atoms with E-state index < -0.39 is 11.7 Å². The zero-order valence-corrected chi connectivity index (χ0v) is 10.9. The van der Waals surface area contributed by atoms with Crippen molar-refractivity contribution in [2.75, 3.05) is 0 Å². The van der Waals surface area contributed by atoms with Gasteiger partial charge in [-0.15, -0.1) is 0 Å². The number of nitrogens with zero attached hydrogens (tertiary/aromatic N) is 2. The van der Waals surface area contributed by atoms with Crippen LogP contribution in [0.5, 0.6) is 0 Å². The Morgan fingerprint density at radius 3 is 2.25 bits per heavy atom. The molecule has 2 nitrogen and oxygen atoms in total. The minimum Gasteiger partial charge on any atom is -0.241 e. The molecule has 0 radical (unpaired) electrons. The van der Waals surface area contributed by atoms with Crippen LogP contribution in [0.25, 0.3) is 5.69 Å². The van der Waals surface area contributed by atoms with Crippen molar-refractivity contribution in [3.8, 4) is 5.69 Å². The molecule has 1 aliphatic rings. The first-order chi connectivity index (χ1) is 9.54. The third-order valence-electron chi connectivity index (χ3n) is 3.84. The number of hydrogen-bond donors (Lipinski definition) is 0. The Morgan fingerprint density at radius 2 is 1.65 bits per heavy atom.